The number of carbonyl (C=O) groups is 2. The van der Waals surface area contributed by atoms with Crippen LogP contribution in [0, 0.1) is 17.6 Å². The molecule has 8 rings (SSSR count). The summed E-state index contributed by atoms with van der Waals surface area (Å²) in [4.78, 5) is 50.6. The second-order valence-electron chi connectivity index (χ2n) is 14.7. The molecule has 0 aliphatic carbocycles. The molecule has 5 saturated heterocycles. The fourth-order valence-electron chi connectivity index (χ4n) is 7.92. The number of anilines is 2. The highest BCUT2D eigenvalue weighted by Gasteiger charge is 2.42. The average molecular weight is 738 g/mol. The smallest absolute Gasteiger partial charge is 0.261 e. The van der Waals surface area contributed by atoms with Crippen LogP contribution < -0.4 is 25.8 Å². The number of fused-ring (bicyclic) bond motifs is 1. The number of ether oxygens (including phenoxy) is 2. The number of nitrogens with zero attached hydrogens (tertiary/aromatic N) is 4. The Balaban J connectivity index is 0.760. The molecule has 3 N–H and O–H groups in total. The van der Waals surface area contributed by atoms with Gasteiger partial charge in [-0.2, -0.15) is 11.8 Å². The molecule has 1 atom stereocenters. The maximum Gasteiger partial charge on any atom is 0.261 e. The molecule has 0 saturated carbocycles. The highest BCUT2D eigenvalue weighted by Crippen LogP contribution is 2.33. The van der Waals surface area contributed by atoms with Crippen LogP contribution in [-0.4, -0.2) is 114 Å². The number of thioether (sulfide) groups is 1. The second-order valence-corrected chi connectivity index (χ2v) is 16.0. The number of likely N-dealkylation sites (tertiary alicyclic amines) is 2. The largest absolute Gasteiger partial charge is 0.493 e. The van der Waals surface area contributed by atoms with Crippen LogP contribution in [0.15, 0.2) is 35.1 Å². The van der Waals surface area contributed by atoms with Gasteiger partial charge in [0.25, 0.3) is 5.56 Å². The van der Waals surface area contributed by atoms with Crippen molar-refractivity contribution < 1.29 is 27.8 Å². The molecule has 3 aromatic rings. The fraction of sp³-hybridized carbons (Fsp3) is 0.568. The van der Waals surface area contributed by atoms with E-state index in [0.717, 1.165) is 78.2 Å². The van der Waals surface area contributed by atoms with Crippen LogP contribution in [0.25, 0.3) is 10.9 Å². The van der Waals surface area contributed by atoms with Crippen molar-refractivity contribution in [3.05, 3.63) is 58.1 Å². The number of amides is 2. The van der Waals surface area contributed by atoms with Crippen molar-refractivity contribution in [2.24, 2.45) is 5.92 Å². The summed E-state index contributed by atoms with van der Waals surface area (Å²) in [5.74, 6) is 0.265. The number of benzene rings is 2. The molecule has 1 aromatic heterocycles. The van der Waals surface area contributed by atoms with Crippen LogP contribution in [0.1, 0.15) is 44.3 Å². The zero-order valence-electron chi connectivity index (χ0n) is 29.1. The molecule has 5 fully saturated rings. The van der Waals surface area contributed by atoms with E-state index in [0.29, 0.717) is 70.5 Å². The van der Waals surface area contributed by atoms with E-state index in [2.05, 4.69) is 35.3 Å². The van der Waals surface area contributed by atoms with E-state index in [4.69, 9.17) is 9.47 Å². The van der Waals surface area contributed by atoms with Crippen LogP contribution in [0.2, 0.25) is 0 Å². The van der Waals surface area contributed by atoms with Gasteiger partial charge in [0, 0.05) is 81.0 Å². The predicted octanol–water partition coefficient (Wildman–Crippen LogP) is 3.49. The van der Waals surface area contributed by atoms with Gasteiger partial charge in [-0.3, -0.25) is 29.5 Å². The third-order valence-corrected chi connectivity index (χ3v) is 12.6. The number of hydrogen-bond acceptors (Lipinski definition) is 11. The molecule has 52 heavy (non-hydrogen) atoms. The average Bonchev–Trinajstić information content (AvgIpc) is 3.09. The molecule has 278 valence electrons. The van der Waals surface area contributed by atoms with Gasteiger partial charge in [0.05, 0.1) is 23.6 Å². The Kier molecular flexibility index (Phi) is 10.4. The van der Waals surface area contributed by atoms with E-state index in [-0.39, 0.29) is 29.4 Å². The topological polar surface area (TPSA) is 132 Å². The number of piperidine rings is 2. The number of imide groups is 1. The Morgan fingerprint density at radius 1 is 0.923 bits per heavy atom. The number of halogens is 2. The zero-order valence-corrected chi connectivity index (χ0v) is 29.9. The van der Waals surface area contributed by atoms with Crippen LogP contribution in [0.5, 0.6) is 5.75 Å². The van der Waals surface area contributed by atoms with Crippen molar-refractivity contribution >= 4 is 45.9 Å². The third kappa shape index (κ3) is 7.78. The van der Waals surface area contributed by atoms with Gasteiger partial charge in [-0.05, 0) is 69.3 Å². The van der Waals surface area contributed by atoms with E-state index in [1.165, 1.54) is 12.1 Å². The van der Waals surface area contributed by atoms with Crippen LogP contribution in [0.4, 0.5) is 20.2 Å². The zero-order chi connectivity index (χ0) is 35.8. The minimum Gasteiger partial charge on any atom is -0.493 e. The van der Waals surface area contributed by atoms with E-state index >= 15 is 8.78 Å². The van der Waals surface area contributed by atoms with Crippen molar-refractivity contribution in [1.29, 1.82) is 0 Å². The lowest BCUT2D eigenvalue weighted by Gasteiger charge is -2.55. The normalized spacial score (nSPS) is 23.0. The number of hydrogen-bond donors (Lipinski definition) is 3. The number of aromatic nitrogens is 2. The number of rotatable bonds is 11. The minimum atomic E-state index is -0.619. The van der Waals surface area contributed by atoms with Crippen molar-refractivity contribution in [3.63, 3.8) is 0 Å². The summed E-state index contributed by atoms with van der Waals surface area (Å²) in [6.45, 7) is 7.55. The van der Waals surface area contributed by atoms with Crippen molar-refractivity contribution in [3.8, 4) is 5.75 Å². The first-order chi connectivity index (χ1) is 25.3. The Morgan fingerprint density at radius 2 is 1.69 bits per heavy atom. The van der Waals surface area contributed by atoms with Crippen molar-refractivity contribution in [1.82, 2.24) is 25.1 Å². The first kappa shape index (κ1) is 35.3. The fourth-order valence-corrected chi connectivity index (χ4v) is 8.98. The van der Waals surface area contributed by atoms with Gasteiger partial charge in [-0.15, -0.1) is 0 Å². The summed E-state index contributed by atoms with van der Waals surface area (Å²) in [5, 5.41) is 5.79. The monoisotopic (exact) mass is 737 g/mol. The molecule has 2 amide bonds. The maximum absolute atomic E-state index is 15.0. The van der Waals surface area contributed by atoms with Gasteiger partial charge >= 0.3 is 0 Å². The third-order valence-electron chi connectivity index (χ3n) is 11.2. The van der Waals surface area contributed by atoms with Gasteiger partial charge in [-0.1, -0.05) is 0 Å². The molecule has 0 bridgehead atoms. The van der Waals surface area contributed by atoms with Gasteiger partial charge in [0.2, 0.25) is 11.8 Å². The molecular weight excluding hydrogens is 693 g/mol. The van der Waals surface area contributed by atoms with Gasteiger partial charge in [-0.25, -0.2) is 13.8 Å². The Hall–Kier alpha value is -3.79. The summed E-state index contributed by atoms with van der Waals surface area (Å²) in [6.07, 6.45) is 4.61. The number of H-pyrrole nitrogens is 1. The molecule has 5 aliphatic heterocycles. The summed E-state index contributed by atoms with van der Waals surface area (Å²) in [6, 6.07) is 8.31. The molecule has 12 nitrogen and oxygen atoms in total. The highest BCUT2D eigenvalue weighted by molar-refractivity contribution is 7.99. The maximum atomic E-state index is 15.0. The first-order valence-electron chi connectivity index (χ1n) is 18.4. The van der Waals surface area contributed by atoms with E-state index in [9.17, 15) is 14.4 Å². The number of carbonyl (C=O) groups excluding carboxylic acids is 2. The van der Waals surface area contributed by atoms with Crippen LogP contribution in [-0.2, 0) is 20.1 Å². The lowest BCUT2D eigenvalue weighted by molar-refractivity contribution is -0.133. The molecule has 6 heterocycles. The summed E-state index contributed by atoms with van der Waals surface area (Å²) in [5.41, 5.74) is 0.946. The summed E-state index contributed by atoms with van der Waals surface area (Å²) in [7, 11) is 0. The lowest BCUT2D eigenvalue weighted by atomic mass is 9.93. The van der Waals surface area contributed by atoms with Gasteiger partial charge in [0.1, 0.15) is 34.6 Å². The lowest BCUT2D eigenvalue weighted by Crippen LogP contribution is -2.70. The minimum absolute atomic E-state index is 0.0352. The van der Waals surface area contributed by atoms with Crippen molar-refractivity contribution in [2.75, 3.05) is 69.3 Å². The highest BCUT2D eigenvalue weighted by atomic mass is 32.2. The number of aromatic amines is 1. The summed E-state index contributed by atoms with van der Waals surface area (Å²) >= 11 is 1.75. The second kappa shape index (κ2) is 15.3. The Morgan fingerprint density at radius 3 is 2.44 bits per heavy atom. The SMILES string of the molecule is O=C1CCC(Nc2ccc(N3CC(N4CC(N5CCC(COc6cc(F)c7c(=O)[nH]c(CSC8CCOCC8)nc7c6)CC5)C4)C3)c(F)c2)C(=O)N1. The van der Waals surface area contributed by atoms with Crippen LogP contribution >= 0.6 is 11.8 Å². The predicted molar refractivity (Wildman–Crippen MR) is 195 cm³/mol. The Bertz CT molecular complexity index is 1860. The van der Waals surface area contributed by atoms with E-state index in [1.807, 2.05) is 0 Å². The Labute approximate surface area is 305 Å². The molecule has 2 aromatic carbocycles. The quantitative estimate of drug-likeness (QED) is 0.250. The molecule has 0 radical (unpaired) electrons. The van der Waals surface area contributed by atoms with Gasteiger partial charge in [0.15, 0.2) is 0 Å². The molecule has 1 unspecified atom stereocenters. The van der Waals surface area contributed by atoms with Gasteiger partial charge < -0.3 is 24.7 Å². The molecular formula is C37H45F2N7O5S. The number of nitrogens with one attached hydrogen (secondary N) is 3. The standard InChI is InChI=1S/C37H45F2N7O5S/c38-28-13-23(40-30-2-4-34(47)43-36(30)48)1-3-32(28)46-18-25(19-46)45-16-24(17-45)44-9-5-22(6-10-44)20-51-26-14-29(39)35-31(15-26)41-33(42-37(35)49)21-52-27-7-11-50-12-8-27/h1,3,13-15,22,24-25,27,30,40H,2,4-12,16-21H2,(H,41,42,49)(H,43,47,48). The molecule has 15 heteroatoms. The molecule has 5 aliphatic rings. The summed E-state index contributed by atoms with van der Waals surface area (Å²) < 4.78 is 41.6. The van der Waals surface area contributed by atoms with Crippen molar-refractivity contribution in [2.45, 2.75) is 67.7 Å². The van der Waals surface area contributed by atoms with E-state index in [1.54, 1.807) is 30.0 Å². The van der Waals surface area contributed by atoms with Crippen LogP contribution in [0.3, 0.4) is 0 Å². The molecule has 0 spiro atoms. The first-order valence-corrected chi connectivity index (χ1v) is 19.5. The van der Waals surface area contributed by atoms with E-state index < -0.39 is 17.4 Å².